The van der Waals surface area contributed by atoms with Crippen molar-refractivity contribution in [1.29, 1.82) is 0 Å². The summed E-state index contributed by atoms with van der Waals surface area (Å²) in [5.74, 6) is 0.754. The van der Waals surface area contributed by atoms with Crippen LogP contribution >= 0.6 is 11.7 Å². The molecule has 0 aliphatic heterocycles. The molecule has 0 spiro atoms. The highest BCUT2D eigenvalue weighted by Crippen LogP contribution is 2.28. The Morgan fingerprint density at radius 1 is 1.25 bits per heavy atom. The third-order valence-corrected chi connectivity index (χ3v) is 3.46. The molecule has 0 unspecified atom stereocenters. The molecule has 0 saturated heterocycles. The molecule has 0 aliphatic carbocycles. The van der Waals surface area contributed by atoms with Crippen LogP contribution < -0.4 is 9.30 Å². The highest BCUT2D eigenvalue weighted by atomic mass is 32.1. The van der Waals surface area contributed by atoms with E-state index >= 15 is 0 Å². The van der Waals surface area contributed by atoms with Crippen LogP contribution in [0.5, 0.6) is 11.6 Å². The molecule has 0 aromatic carbocycles. The lowest BCUT2D eigenvalue weighted by molar-refractivity contribution is -0.671. The average Bonchev–Trinajstić information content (AvgIpc) is 2.86. The molecule has 108 valence electrons. The van der Waals surface area contributed by atoms with Crippen molar-refractivity contribution in [2.24, 2.45) is 7.05 Å². The van der Waals surface area contributed by atoms with E-state index in [1.165, 1.54) is 19.3 Å². The van der Waals surface area contributed by atoms with E-state index in [-0.39, 0.29) is 5.75 Å². The maximum Gasteiger partial charge on any atom is 0.254 e. The first-order valence-electron chi connectivity index (χ1n) is 6.85. The fourth-order valence-corrected chi connectivity index (χ4v) is 2.50. The van der Waals surface area contributed by atoms with E-state index in [0.29, 0.717) is 18.2 Å². The molecule has 0 amide bonds. The van der Waals surface area contributed by atoms with Crippen LogP contribution in [0, 0.1) is 0 Å². The number of rotatable bonds is 7. The largest absolute Gasteiger partial charge is 0.503 e. The minimum atomic E-state index is 0.201. The quantitative estimate of drug-likeness (QED) is 0.630. The zero-order valence-electron chi connectivity index (χ0n) is 11.9. The number of unbranched alkanes of at least 4 members (excludes halogenated alkanes) is 3. The van der Waals surface area contributed by atoms with Gasteiger partial charge in [-0.25, -0.2) is 4.57 Å². The lowest BCUT2D eigenvalue weighted by Crippen LogP contribution is -2.26. The van der Waals surface area contributed by atoms with Gasteiger partial charge >= 0.3 is 0 Å². The molecule has 2 aromatic heterocycles. The van der Waals surface area contributed by atoms with Crippen molar-refractivity contribution in [2.45, 2.75) is 32.6 Å². The van der Waals surface area contributed by atoms with Crippen LogP contribution in [0.4, 0.5) is 0 Å². The van der Waals surface area contributed by atoms with Gasteiger partial charge in [-0.15, -0.1) is 4.37 Å². The molecule has 0 bridgehead atoms. The summed E-state index contributed by atoms with van der Waals surface area (Å²) in [6, 6.07) is 1.67. The van der Waals surface area contributed by atoms with E-state index in [1.54, 1.807) is 16.8 Å². The van der Waals surface area contributed by atoms with Crippen molar-refractivity contribution in [2.75, 3.05) is 6.61 Å². The Bertz CT molecular complexity index is 537. The summed E-state index contributed by atoms with van der Waals surface area (Å²) in [5, 5.41) is 9.65. The zero-order chi connectivity index (χ0) is 14.4. The van der Waals surface area contributed by atoms with Gasteiger partial charge in [-0.05, 0) is 6.42 Å². The lowest BCUT2D eigenvalue weighted by atomic mass is 10.2. The standard InChI is InChI=1S/C14H19N3O2S/c1-3-4-5-6-7-19-14-13(15-20-16-14)11-8-12(18)10-17(2)9-11/h8-10H,3-7H2,1-2H3/p+1. The number of aryl methyl sites for hydroxylation is 1. The summed E-state index contributed by atoms with van der Waals surface area (Å²) < 4.78 is 15.9. The highest BCUT2D eigenvalue weighted by Gasteiger charge is 2.15. The van der Waals surface area contributed by atoms with Gasteiger partial charge in [-0.1, -0.05) is 26.2 Å². The predicted octanol–water partition coefficient (Wildman–Crippen LogP) is 2.69. The first-order valence-corrected chi connectivity index (χ1v) is 7.58. The second-order valence-corrected chi connectivity index (χ2v) is 5.30. The molecule has 6 heteroatoms. The molecular formula is C14H20N3O2S+. The summed E-state index contributed by atoms with van der Waals surface area (Å²) in [5.41, 5.74) is 1.50. The van der Waals surface area contributed by atoms with Crippen LogP contribution in [0.1, 0.15) is 32.6 Å². The smallest absolute Gasteiger partial charge is 0.254 e. The van der Waals surface area contributed by atoms with E-state index < -0.39 is 0 Å². The number of hydrogen-bond donors (Lipinski definition) is 1. The summed E-state index contributed by atoms with van der Waals surface area (Å²) in [7, 11) is 1.86. The monoisotopic (exact) mass is 294 g/mol. The Morgan fingerprint density at radius 2 is 2.10 bits per heavy atom. The van der Waals surface area contributed by atoms with Gasteiger partial charge in [0.15, 0.2) is 17.6 Å². The molecule has 0 radical (unpaired) electrons. The topological polar surface area (TPSA) is 59.1 Å². The third-order valence-electron chi connectivity index (χ3n) is 2.95. The average molecular weight is 294 g/mol. The predicted molar refractivity (Wildman–Crippen MR) is 77.8 cm³/mol. The van der Waals surface area contributed by atoms with Crippen LogP contribution in [0.25, 0.3) is 11.3 Å². The Hall–Kier alpha value is -1.69. The molecule has 0 fully saturated rings. The van der Waals surface area contributed by atoms with E-state index in [4.69, 9.17) is 4.74 Å². The maximum absolute atomic E-state index is 9.65. The van der Waals surface area contributed by atoms with Gasteiger partial charge in [0.05, 0.1) is 23.9 Å². The van der Waals surface area contributed by atoms with Gasteiger partial charge in [0.1, 0.15) is 7.05 Å². The summed E-state index contributed by atoms with van der Waals surface area (Å²) >= 11 is 1.13. The fourth-order valence-electron chi connectivity index (χ4n) is 1.98. The van der Waals surface area contributed by atoms with Crippen molar-refractivity contribution in [1.82, 2.24) is 8.75 Å². The van der Waals surface area contributed by atoms with Gasteiger partial charge in [-0.3, -0.25) is 0 Å². The van der Waals surface area contributed by atoms with Gasteiger partial charge in [0.2, 0.25) is 6.20 Å². The molecule has 2 aromatic rings. The number of hydrogen-bond acceptors (Lipinski definition) is 5. The molecular weight excluding hydrogens is 274 g/mol. The molecule has 1 N–H and O–H groups in total. The van der Waals surface area contributed by atoms with Gasteiger partial charge in [0.25, 0.3) is 5.88 Å². The highest BCUT2D eigenvalue weighted by molar-refractivity contribution is 6.99. The third kappa shape index (κ3) is 3.90. The van der Waals surface area contributed by atoms with Gasteiger partial charge in [-0.2, -0.15) is 4.37 Å². The van der Waals surface area contributed by atoms with Crippen molar-refractivity contribution < 1.29 is 14.4 Å². The van der Waals surface area contributed by atoms with Crippen LogP contribution in [0.15, 0.2) is 18.5 Å². The normalized spacial score (nSPS) is 10.7. The Labute approximate surface area is 123 Å². The number of aromatic hydroxyl groups is 1. The fraction of sp³-hybridized carbons (Fsp3) is 0.500. The van der Waals surface area contributed by atoms with Crippen LogP contribution in [0.3, 0.4) is 0 Å². The Kier molecular flexibility index (Phi) is 5.29. The molecule has 5 nitrogen and oxygen atoms in total. The molecule has 0 saturated carbocycles. The van der Waals surface area contributed by atoms with Gasteiger partial charge < -0.3 is 9.84 Å². The first kappa shape index (κ1) is 14.7. The summed E-state index contributed by atoms with van der Waals surface area (Å²) in [6.07, 6.45) is 8.16. The summed E-state index contributed by atoms with van der Waals surface area (Å²) in [6.45, 7) is 2.84. The molecule has 20 heavy (non-hydrogen) atoms. The summed E-state index contributed by atoms with van der Waals surface area (Å²) in [4.78, 5) is 0. The lowest BCUT2D eigenvalue weighted by Gasteiger charge is -2.04. The zero-order valence-corrected chi connectivity index (χ0v) is 12.7. The first-order chi connectivity index (χ1) is 9.70. The number of pyridine rings is 1. The van der Waals surface area contributed by atoms with Crippen molar-refractivity contribution >= 4 is 11.7 Å². The molecule has 0 aliphatic rings. The molecule has 2 heterocycles. The minimum absolute atomic E-state index is 0.201. The van der Waals surface area contributed by atoms with Crippen molar-refractivity contribution in [3.63, 3.8) is 0 Å². The van der Waals surface area contributed by atoms with E-state index in [1.807, 2.05) is 13.2 Å². The number of ether oxygens (including phenoxy) is 1. The number of nitrogens with zero attached hydrogens (tertiary/aromatic N) is 3. The van der Waals surface area contributed by atoms with Crippen LogP contribution in [-0.2, 0) is 7.05 Å². The second kappa shape index (κ2) is 7.19. The Morgan fingerprint density at radius 3 is 2.85 bits per heavy atom. The van der Waals surface area contributed by atoms with E-state index in [0.717, 1.165) is 23.7 Å². The molecule has 0 atom stereocenters. The second-order valence-electron chi connectivity index (χ2n) is 4.78. The van der Waals surface area contributed by atoms with Crippen LogP contribution in [-0.4, -0.2) is 20.5 Å². The maximum atomic E-state index is 9.65. The van der Waals surface area contributed by atoms with Crippen molar-refractivity contribution in [3.8, 4) is 22.9 Å². The van der Waals surface area contributed by atoms with Crippen molar-refractivity contribution in [3.05, 3.63) is 18.5 Å². The molecule has 2 rings (SSSR count). The van der Waals surface area contributed by atoms with E-state index in [9.17, 15) is 5.11 Å². The van der Waals surface area contributed by atoms with E-state index in [2.05, 4.69) is 15.7 Å². The number of aromatic nitrogens is 3. The Balaban J connectivity index is 2.04. The SMILES string of the molecule is CCCCCCOc1nsnc1-c1cc(O)c[n+](C)c1. The van der Waals surface area contributed by atoms with Crippen LogP contribution in [0.2, 0.25) is 0 Å². The van der Waals surface area contributed by atoms with Gasteiger partial charge in [0, 0.05) is 6.07 Å². The minimum Gasteiger partial charge on any atom is -0.503 e.